The molecule has 3 aromatic carbocycles. The van der Waals surface area contributed by atoms with E-state index in [0.717, 1.165) is 11.3 Å². The van der Waals surface area contributed by atoms with Crippen LogP contribution in [0.15, 0.2) is 65.7 Å². The van der Waals surface area contributed by atoms with E-state index in [1.54, 1.807) is 0 Å². The minimum absolute atomic E-state index is 0. The molecule has 130 valence electrons. The van der Waals surface area contributed by atoms with Crippen molar-refractivity contribution in [2.45, 2.75) is 26.2 Å². The summed E-state index contributed by atoms with van der Waals surface area (Å²) in [6.45, 7) is 6.60. The maximum absolute atomic E-state index is 4.67. The Morgan fingerprint density at radius 1 is 0.840 bits per heavy atom. The van der Waals surface area contributed by atoms with Gasteiger partial charge in [0.2, 0.25) is 0 Å². The first-order valence-electron chi connectivity index (χ1n) is 7.59. The third-order valence-corrected chi connectivity index (χ3v) is 3.74. The zero-order valence-corrected chi connectivity index (χ0v) is 17.8. The molecule has 4 heteroatoms. The van der Waals surface area contributed by atoms with Gasteiger partial charge in [-0.05, 0) is 23.1 Å². The summed E-state index contributed by atoms with van der Waals surface area (Å²) in [5.41, 5.74) is 3.31. The van der Waals surface area contributed by atoms with Crippen LogP contribution in [0.4, 0.5) is 5.69 Å². The van der Waals surface area contributed by atoms with Gasteiger partial charge < -0.3 is 4.99 Å². The number of benzene rings is 3. The molecule has 0 aliphatic heterocycles. The van der Waals surface area contributed by atoms with Crippen LogP contribution in [-0.2, 0) is 27.1 Å². The fourth-order valence-corrected chi connectivity index (χ4v) is 2.46. The van der Waals surface area contributed by atoms with Crippen molar-refractivity contribution < 1.29 is 21.7 Å². The number of fused-ring (bicyclic) bond motifs is 1. The third kappa shape index (κ3) is 5.97. The molecule has 0 radical (unpaired) electrons. The van der Waals surface area contributed by atoms with Crippen LogP contribution in [0.25, 0.3) is 10.8 Å². The molecule has 0 fully saturated rings. The minimum atomic E-state index is 0. The Morgan fingerprint density at radius 2 is 1.48 bits per heavy atom. The second-order valence-corrected chi connectivity index (χ2v) is 6.53. The third-order valence-electron chi connectivity index (χ3n) is 3.74. The standard InChI is InChI=1S/C21H20N.2ClH.Ti/c1-21(2,3)18-11-6-8-16(14-18)15-22-20-13-7-10-17-9-4-5-12-19(17)20;;;/h4-13,15H,1-3H3;2*1H;/q-1;;;. The first-order chi connectivity index (χ1) is 10.5. The molecule has 1 nitrogen and oxygen atoms in total. The van der Waals surface area contributed by atoms with Gasteiger partial charge >= 0.3 is 0 Å². The number of rotatable bonds is 2. The van der Waals surface area contributed by atoms with Gasteiger partial charge in [0, 0.05) is 27.1 Å². The zero-order valence-electron chi connectivity index (χ0n) is 14.6. The maximum Gasteiger partial charge on any atom is 0.0594 e. The smallest absolute Gasteiger partial charge is 0.0594 e. The van der Waals surface area contributed by atoms with Crippen molar-refractivity contribution in [1.82, 2.24) is 0 Å². The Hall–Kier alpha value is -1.12. The van der Waals surface area contributed by atoms with Crippen LogP contribution in [0, 0.1) is 6.07 Å². The molecule has 0 aliphatic rings. The van der Waals surface area contributed by atoms with Crippen molar-refractivity contribution in [2.24, 2.45) is 4.99 Å². The Labute approximate surface area is 177 Å². The average Bonchev–Trinajstić information content (AvgIpc) is 2.52. The van der Waals surface area contributed by atoms with E-state index < -0.39 is 0 Å². The topological polar surface area (TPSA) is 12.4 Å². The van der Waals surface area contributed by atoms with Crippen molar-refractivity contribution in [2.75, 3.05) is 0 Å². The number of halogens is 2. The molecule has 3 aromatic rings. The predicted molar refractivity (Wildman–Crippen MR) is 110 cm³/mol. The summed E-state index contributed by atoms with van der Waals surface area (Å²) in [4.78, 5) is 4.67. The summed E-state index contributed by atoms with van der Waals surface area (Å²) < 4.78 is 0. The van der Waals surface area contributed by atoms with Crippen LogP contribution < -0.4 is 0 Å². The maximum atomic E-state index is 4.67. The molecular formula is C21H22Cl2NTi-. The molecule has 0 heterocycles. The van der Waals surface area contributed by atoms with Gasteiger partial charge in [0.05, 0.1) is 5.69 Å². The van der Waals surface area contributed by atoms with E-state index in [4.69, 9.17) is 0 Å². The second kappa shape index (κ2) is 10.1. The Balaban J connectivity index is 0.00000192. The molecule has 25 heavy (non-hydrogen) atoms. The SMILES string of the molecule is CC(C)(C)c1[c-]c(C=Nc2cccc3ccccc23)ccc1.Cl.Cl.[Ti]. The van der Waals surface area contributed by atoms with E-state index in [0.29, 0.717) is 0 Å². The van der Waals surface area contributed by atoms with Crippen molar-refractivity contribution in [3.63, 3.8) is 0 Å². The van der Waals surface area contributed by atoms with Crippen molar-refractivity contribution in [3.05, 3.63) is 77.9 Å². The van der Waals surface area contributed by atoms with Crippen LogP contribution in [0.1, 0.15) is 31.9 Å². The zero-order chi connectivity index (χ0) is 15.6. The summed E-state index contributed by atoms with van der Waals surface area (Å²) >= 11 is 0. The molecule has 0 N–H and O–H groups in total. The summed E-state index contributed by atoms with van der Waals surface area (Å²) in [5.74, 6) is 0. The van der Waals surface area contributed by atoms with E-state index in [-0.39, 0.29) is 51.9 Å². The van der Waals surface area contributed by atoms with Gasteiger partial charge in [0.25, 0.3) is 0 Å². The van der Waals surface area contributed by atoms with Gasteiger partial charge in [-0.15, -0.1) is 60.2 Å². The summed E-state index contributed by atoms with van der Waals surface area (Å²) in [6, 6.07) is 24.2. The number of hydrogen-bond donors (Lipinski definition) is 0. The Bertz CT molecular complexity index is 833. The second-order valence-electron chi connectivity index (χ2n) is 6.53. The molecule has 0 atom stereocenters. The molecule has 0 saturated heterocycles. The molecule has 0 spiro atoms. The fourth-order valence-electron chi connectivity index (χ4n) is 2.46. The molecule has 0 aromatic heterocycles. The van der Waals surface area contributed by atoms with Gasteiger partial charge in [0.1, 0.15) is 0 Å². The van der Waals surface area contributed by atoms with Gasteiger partial charge in [0.15, 0.2) is 0 Å². The quantitative estimate of drug-likeness (QED) is 0.260. The summed E-state index contributed by atoms with van der Waals surface area (Å²) in [6.07, 6.45) is 1.90. The largest absolute Gasteiger partial charge is 0.304 e. The van der Waals surface area contributed by atoms with Crippen LogP contribution >= 0.6 is 24.8 Å². The molecule has 0 saturated carbocycles. The first-order valence-corrected chi connectivity index (χ1v) is 7.59. The van der Waals surface area contributed by atoms with Crippen molar-refractivity contribution in [3.8, 4) is 0 Å². The van der Waals surface area contributed by atoms with Gasteiger partial charge in [-0.25, -0.2) is 0 Å². The normalized spacial score (nSPS) is 10.7. The van der Waals surface area contributed by atoms with Gasteiger partial charge in [-0.1, -0.05) is 57.2 Å². The van der Waals surface area contributed by atoms with E-state index in [9.17, 15) is 0 Å². The van der Waals surface area contributed by atoms with Crippen LogP contribution in [-0.4, -0.2) is 6.21 Å². The number of nitrogens with zero attached hydrogens (tertiary/aromatic N) is 1. The van der Waals surface area contributed by atoms with Crippen LogP contribution in [0.5, 0.6) is 0 Å². The van der Waals surface area contributed by atoms with Crippen molar-refractivity contribution >= 4 is 47.5 Å². The molecule has 0 bridgehead atoms. The van der Waals surface area contributed by atoms with E-state index in [2.05, 4.69) is 68.2 Å². The molecule has 3 rings (SSSR count). The molecule has 0 unspecified atom stereocenters. The molecule has 0 aliphatic carbocycles. The monoisotopic (exact) mass is 406 g/mol. The van der Waals surface area contributed by atoms with Crippen molar-refractivity contribution in [1.29, 1.82) is 0 Å². The molecular weight excluding hydrogens is 385 g/mol. The van der Waals surface area contributed by atoms with E-state index >= 15 is 0 Å². The fraction of sp³-hybridized carbons (Fsp3) is 0.190. The number of hydrogen-bond acceptors (Lipinski definition) is 1. The van der Waals surface area contributed by atoms with Gasteiger partial charge in [-0.3, -0.25) is 0 Å². The summed E-state index contributed by atoms with van der Waals surface area (Å²) in [5, 5.41) is 2.39. The van der Waals surface area contributed by atoms with Crippen LogP contribution in [0.3, 0.4) is 0 Å². The van der Waals surface area contributed by atoms with Gasteiger partial charge in [-0.2, -0.15) is 0 Å². The number of aliphatic imine (C=N–C) groups is 1. The predicted octanol–water partition coefficient (Wildman–Crippen LogP) is 6.53. The first kappa shape index (κ1) is 23.9. The van der Waals surface area contributed by atoms with E-state index in [1.165, 1.54) is 16.3 Å². The van der Waals surface area contributed by atoms with Crippen LogP contribution in [0.2, 0.25) is 0 Å². The average molecular weight is 407 g/mol. The Morgan fingerprint density at radius 3 is 2.20 bits per heavy atom. The Kier molecular flexibility index (Phi) is 9.68. The molecule has 0 amide bonds. The van der Waals surface area contributed by atoms with E-state index in [1.807, 2.05) is 30.5 Å². The minimum Gasteiger partial charge on any atom is -0.304 e. The summed E-state index contributed by atoms with van der Waals surface area (Å²) in [7, 11) is 0.